The van der Waals surface area contributed by atoms with Crippen molar-refractivity contribution < 1.29 is 0 Å². The maximum absolute atomic E-state index is 4.29. The standard InChI is InChI=1S/C9H11NS/c1-10-5-7-2-3-9(11)4-8(7)6-10/h2-4,11H,5-6H2,1H3. The lowest BCUT2D eigenvalue weighted by Gasteiger charge is -2.02. The summed E-state index contributed by atoms with van der Waals surface area (Å²) in [6, 6.07) is 6.38. The average molecular weight is 165 g/mol. The first-order valence-electron chi connectivity index (χ1n) is 3.75. The minimum absolute atomic E-state index is 1.07. The van der Waals surface area contributed by atoms with Crippen LogP contribution in [-0.4, -0.2) is 11.9 Å². The summed E-state index contributed by atoms with van der Waals surface area (Å²) >= 11 is 4.29. The molecule has 1 heterocycles. The predicted molar refractivity (Wildman–Crippen MR) is 48.9 cm³/mol. The Kier molecular flexibility index (Phi) is 1.66. The number of thiol groups is 1. The number of fused-ring (bicyclic) bond motifs is 1. The molecule has 0 unspecified atom stereocenters. The zero-order valence-electron chi connectivity index (χ0n) is 6.54. The van der Waals surface area contributed by atoms with Gasteiger partial charge >= 0.3 is 0 Å². The van der Waals surface area contributed by atoms with Crippen LogP contribution in [-0.2, 0) is 13.1 Å². The van der Waals surface area contributed by atoms with Crippen molar-refractivity contribution >= 4 is 12.6 Å². The van der Waals surface area contributed by atoms with Gasteiger partial charge in [0.05, 0.1) is 0 Å². The molecule has 0 saturated heterocycles. The molecule has 1 aromatic rings. The van der Waals surface area contributed by atoms with Crippen molar-refractivity contribution in [1.82, 2.24) is 4.90 Å². The lowest BCUT2D eigenvalue weighted by Crippen LogP contribution is -2.07. The molecule has 0 bridgehead atoms. The zero-order chi connectivity index (χ0) is 7.84. The molecule has 11 heavy (non-hydrogen) atoms. The van der Waals surface area contributed by atoms with Crippen LogP contribution in [0, 0.1) is 0 Å². The number of benzene rings is 1. The van der Waals surface area contributed by atoms with E-state index in [2.05, 4.69) is 42.8 Å². The minimum Gasteiger partial charge on any atom is -0.298 e. The molecular formula is C9H11NS. The van der Waals surface area contributed by atoms with E-state index in [0.717, 1.165) is 18.0 Å². The highest BCUT2D eigenvalue weighted by atomic mass is 32.1. The summed E-state index contributed by atoms with van der Waals surface area (Å²) in [5.74, 6) is 0. The molecule has 58 valence electrons. The smallest absolute Gasteiger partial charge is 0.0237 e. The highest BCUT2D eigenvalue weighted by Crippen LogP contribution is 2.23. The molecule has 2 heteroatoms. The molecule has 1 aliphatic rings. The quantitative estimate of drug-likeness (QED) is 0.575. The van der Waals surface area contributed by atoms with E-state index in [0.29, 0.717) is 0 Å². The summed E-state index contributed by atoms with van der Waals surface area (Å²) in [5, 5.41) is 0. The van der Waals surface area contributed by atoms with Gasteiger partial charge in [-0.15, -0.1) is 12.6 Å². The fourth-order valence-electron chi connectivity index (χ4n) is 1.55. The number of rotatable bonds is 0. The third-order valence-electron chi connectivity index (χ3n) is 2.07. The number of nitrogens with zero attached hydrogens (tertiary/aromatic N) is 1. The number of hydrogen-bond acceptors (Lipinski definition) is 2. The van der Waals surface area contributed by atoms with Crippen LogP contribution >= 0.6 is 12.6 Å². The van der Waals surface area contributed by atoms with Crippen molar-refractivity contribution in [2.24, 2.45) is 0 Å². The van der Waals surface area contributed by atoms with Crippen molar-refractivity contribution in [3.05, 3.63) is 29.3 Å². The molecular weight excluding hydrogens is 154 g/mol. The Bertz CT molecular complexity index is 283. The number of hydrogen-bond donors (Lipinski definition) is 1. The minimum atomic E-state index is 1.07. The first-order valence-corrected chi connectivity index (χ1v) is 4.20. The molecule has 0 spiro atoms. The van der Waals surface area contributed by atoms with Crippen molar-refractivity contribution in [2.75, 3.05) is 7.05 Å². The summed E-state index contributed by atoms with van der Waals surface area (Å²) in [5.41, 5.74) is 2.88. The Hall–Kier alpha value is -0.470. The summed E-state index contributed by atoms with van der Waals surface area (Å²) in [6.45, 7) is 2.16. The van der Waals surface area contributed by atoms with Crippen LogP contribution in [0.25, 0.3) is 0 Å². The fraction of sp³-hybridized carbons (Fsp3) is 0.333. The predicted octanol–water partition coefficient (Wildman–Crippen LogP) is 1.92. The summed E-state index contributed by atoms with van der Waals surface area (Å²) < 4.78 is 0. The van der Waals surface area contributed by atoms with E-state index in [9.17, 15) is 0 Å². The van der Waals surface area contributed by atoms with Crippen molar-refractivity contribution in [3.8, 4) is 0 Å². The van der Waals surface area contributed by atoms with Gasteiger partial charge < -0.3 is 0 Å². The Morgan fingerprint density at radius 2 is 2.00 bits per heavy atom. The molecule has 1 aliphatic heterocycles. The SMILES string of the molecule is CN1Cc2ccc(S)cc2C1. The highest BCUT2D eigenvalue weighted by Gasteiger charge is 2.14. The molecule has 1 nitrogen and oxygen atoms in total. The van der Waals surface area contributed by atoms with E-state index in [4.69, 9.17) is 0 Å². The van der Waals surface area contributed by atoms with Crippen molar-refractivity contribution in [2.45, 2.75) is 18.0 Å². The summed E-state index contributed by atoms with van der Waals surface area (Å²) in [4.78, 5) is 3.37. The first-order chi connectivity index (χ1) is 5.25. The molecule has 0 saturated carbocycles. The zero-order valence-corrected chi connectivity index (χ0v) is 7.44. The molecule has 2 rings (SSSR count). The second-order valence-corrected chi connectivity index (χ2v) is 3.64. The van der Waals surface area contributed by atoms with Crippen LogP contribution in [0.1, 0.15) is 11.1 Å². The summed E-state index contributed by atoms with van der Waals surface area (Å²) in [7, 11) is 2.14. The van der Waals surface area contributed by atoms with Gasteiger partial charge in [-0.05, 0) is 30.3 Å². The maximum Gasteiger partial charge on any atom is 0.0237 e. The van der Waals surface area contributed by atoms with Gasteiger partial charge in [0.2, 0.25) is 0 Å². The third kappa shape index (κ3) is 1.28. The molecule has 0 aromatic heterocycles. The topological polar surface area (TPSA) is 3.24 Å². The molecule has 0 N–H and O–H groups in total. The van der Waals surface area contributed by atoms with E-state index in [-0.39, 0.29) is 0 Å². The van der Waals surface area contributed by atoms with Crippen LogP contribution in [0.2, 0.25) is 0 Å². The normalized spacial score (nSPS) is 16.9. The van der Waals surface area contributed by atoms with Crippen LogP contribution in [0.4, 0.5) is 0 Å². The van der Waals surface area contributed by atoms with Crippen LogP contribution in [0.15, 0.2) is 23.1 Å². The van der Waals surface area contributed by atoms with Gasteiger partial charge in [0.15, 0.2) is 0 Å². The van der Waals surface area contributed by atoms with Gasteiger partial charge in [-0.1, -0.05) is 6.07 Å². The first kappa shape index (κ1) is 7.19. The lowest BCUT2D eigenvalue weighted by atomic mass is 10.1. The lowest BCUT2D eigenvalue weighted by molar-refractivity contribution is 0.353. The van der Waals surface area contributed by atoms with Crippen LogP contribution in [0.3, 0.4) is 0 Å². The van der Waals surface area contributed by atoms with Crippen molar-refractivity contribution in [1.29, 1.82) is 0 Å². The second-order valence-electron chi connectivity index (χ2n) is 3.13. The molecule has 0 atom stereocenters. The largest absolute Gasteiger partial charge is 0.298 e. The van der Waals surface area contributed by atoms with E-state index < -0.39 is 0 Å². The van der Waals surface area contributed by atoms with Gasteiger partial charge in [-0.3, -0.25) is 4.90 Å². The highest BCUT2D eigenvalue weighted by molar-refractivity contribution is 7.80. The van der Waals surface area contributed by atoms with Gasteiger partial charge in [0, 0.05) is 18.0 Å². The van der Waals surface area contributed by atoms with Gasteiger partial charge in [-0.25, -0.2) is 0 Å². The maximum atomic E-state index is 4.29. The van der Waals surface area contributed by atoms with E-state index in [1.807, 2.05) is 0 Å². The van der Waals surface area contributed by atoms with E-state index in [1.165, 1.54) is 11.1 Å². The Morgan fingerprint density at radius 3 is 2.82 bits per heavy atom. The molecule has 0 radical (unpaired) electrons. The van der Waals surface area contributed by atoms with Gasteiger partial charge in [-0.2, -0.15) is 0 Å². The Balaban J connectivity index is 2.43. The molecule has 0 fully saturated rings. The summed E-state index contributed by atoms with van der Waals surface area (Å²) in [6.07, 6.45) is 0. The van der Waals surface area contributed by atoms with Gasteiger partial charge in [0.1, 0.15) is 0 Å². The Labute approximate surface area is 72.4 Å². The monoisotopic (exact) mass is 165 g/mol. The average Bonchev–Trinajstić information content (AvgIpc) is 2.27. The molecule has 0 amide bonds. The fourth-order valence-corrected chi connectivity index (χ4v) is 1.78. The second kappa shape index (κ2) is 2.54. The van der Waals surface area contributed by atoms with E-state index >= 15 is 0 Å². The van der Waals surface area contributed by atoms with Crippen LogP contribution < -0.4 is 0 Å². The van der Waals surface area contributed by atoms with Gasteiger partial charge in [0.25, 0.3) is 0 Å². The van der Waals surface area contributed by atoms with Crippen molar-refractivity contribution in [3.63, 3.8) is 0 Å². The Morgan fingerprint density at radius 1 is 1.27 bits per heavy atom. The van der Waals surface area contributed by atoms with Crippen LogP contribution in [0.5, 0.6) is 0 Å². The molecule has 0 aliphatic carbocycles. The van der Waals surface area contributed by atoms with E-state index in [1.54, 1.807) is 0 Å². The third-order valence-corrected chi connectivity index (χ3v) is 2.35. The molecule has 1 aromatic carbocycles.